The first-order valence-electron chi connectivity index (χ1n) is 5.41. The van der Waals surface area contributed by atoms with Gasteiger partial charge in [-0.1, -0.05) is 0 Å². The van der Waals surface area contributed by atoms with E-state index in [-0.39, 0.29) is 10.9 Å². The molecule has 1 saturated heterocycles. The smallest absolute Gasteiger partial charge is 0.242 e. The number of rotatable bonds is 3. The summed E-state index contributed by atoms with van der Waals surface area (Å²) in [5, 5.41) is 3.17. The number of nitrogens with one attached hydrogen (secondary N) is 2. The van der Waals surface area contributed by atoms with E-state index in [1.54, 1.807) is 12.3 Å². The van der Waals surface area contributed by atoms with E-state index in [9.17, 15) is 8.42 Å². The number of halogens is 1. The average molecular weight is 320 g/mol. The standard InChI is InChI=1S/C10H14BrN3O2S/c11-8-4-10(7-13-5-8)17(15,16)14-9-2-1-3-12-6-9/h4-5,7,9,12,14H,1-3,6H2. The summed E-state index contributed by atoms with van der Waals surface area (Å²) in [6, 6.07) is 1.51. The van der Waals surface area contributed by atoms with E-state index in [0.29, 0.717) is 11.0 Å². The van der Waals surface area contributed by atoms with Gasteiger partial charge in [-0.25, -0.2) is 13.1 Å². The summed E-state index contributed by atoms with van der Waals surface area (Å²) in [4.78, 5) is 4.05. The minimum absolute atomic E-state index is 0.0345. The maximum atomic E-state index is 12.1. The predicted molar refractivity (Wildman–Crippen MR) is 68.2 cm³/mol. The van der Waals surface area contributed by atoms with E-state index in [1.807, 2.05) is 0 Å². The Bertz CT molecular complexity index is 486. The first-order valence-corrected chi connectivity index (χ1v) is 7.69. The van der Waals surface area contributed by atoms with E-state index in [0.717, 1.165) is 19.4 Å². The van der Waals surface area contributed by atoms with Crippen molar-refractivity contribution < 1.29 is 8.42 Å². The van der Waals surface area contributed by atoms with Gasteiger partial charge in [0.05, 0.1) is 0 Å². The minimum Gasteiger partial charge on any atom is -0.315 e. The molecule has 5 nitrogen and oxygen atoms in total. The molecule has 0 spiro atoms. The number of aromatic nitrogens is 1. The van der Waals surface area contributed by atoms with Crippen molar-refractivity contribution in [2.45, 2.75) is 23.8 Å². The average Bonchev–Trinajstić information content (AvgIpc) is 2.30. The Hall–Kier alpha value is -0.500. The third-order valence-corrected chi connectivity index (χ3v) is 4.53. The van der Waals surface area contributed by atoms with Crippen LogP contribution in [0.2, 0.25) is 0 Å². The molecule has 1 aliphatic rings. The van der Waals surface area contributed by atoms with Crippen LogP contribution in [-0.4, -0.2) is 32.5 Å². The lowest BCUT2D eigenvalue weighted by atomic mass is 10.1. The quantitative estimate of drug-likeness (QED) is 0.867. The van der Waals surface area contributed by atoms with Gasteiger partial charge in [0.1, 0.15) is 4.90 Å². The molecule has 94 valence electrons. The highest BCUT2D eigenvalue weighted by molar-refractivity contribution is 9.10. The molecule has 1 aliphatic heterocycles. The highest BCUT2D eigenvalue weighted by atomic mass is 79.9. The highest BCUT2D eigenvalue weighted by Crippen LogP contribution is 2.15. The number of nitrogens with zero attached hydrogens (tertiary/aromatic N) is 1. The van der Waals surface area contributed by atoms with Crippen LogP contribution in [0.5, 0.6) is 0 Å². The molecule has 0 aliphatic carbocycles. The number of pyridine rings is 1. The first kappa shape index (κ1) is 12.9. The van der Waals surface area contributed by atoms with Crippen molar-refractivity contribution in [2.24, 2.45) is 0 Å². The van der Waals surface area contributed by atoms with Crippen LogP contribution < -0.4 is 10.0 Å². The van der Waals surface area contributed by atoms with Crippen LogP contribution in [0, 0.1) is 0 Å². The third-order valence-electron chi connectivity index (χ3n) is 2.61. The second-order valence-electron chi connectivity index (χ2n) is 4.00. The molecule has 2 heterocycles. The molecule has 1 aromatic heterocycles. The number of hydrogen-bond acceptors (Lipinski definition) is 4. The summed E-state index contributed by atoms with van der Waals surface area (Å²) in [6.07, 6.45) is 4.77. The van der Waals surface area contributed by atoms with E-state index in [1.165, 1.54) is 6.20 Å². The summed E-state index contributed by atoms with van der Waals surface area (Å²) in [6.45, 7) is 1.64. The van der Waals surface area contributed by atoms with E-state index in [2.05, 4.69) is 31.0 Å². The molecule has 1 unspecified atom stereocenters. The van der Waals surface area contributed by atoms with Crippen molar-refractivity contribution in [3.8, 4) is 0 Å². The monoisotopic (exact) mass is 319 g/mol. The Kier molecular flexibility index (Phi) is 4.13. The zero-order valence-electron chi connectivity index (χ0n) is 9.19. The van der Waals surface area contributed by atoms with Crippen LogP contribution >= 0.6 is 15.9 Å². The molecule has 0 radical (unpaired) electrons. The summed E-state index contributed by atoms with van der Waals surface area (Å²) in [7, 11) is -3.46. The van der Waals surface area contributed by atoms with Gasteiger partial charge in [0.15, 0.2) is 0 Å². The van der Waals surface area contributed by atoms with Crippen molar-refractivity contribution in [2.75, 3.05) is 13.1 Å². The Balaban J connectivity index is 2.13. The Morgan fingerprint density at radius 2 is 2.29 bits per heavy atom. The largest absolute Gasteiger partial charge is 0.315 e. The van der Waals surface area contributed by atoms with Gasteiger partial charge in [0.2, 0.25) is 10.0 Å². The van der Waals surface area contributed by atoms with Gasteiger partial charge in [-0.3, -0.25) is 4.98 Å². The van der Waals surface area contributed by atoms with Crippen molar-refractivity contribution in [3.05, 3.63) is 22.9 Å². The molecule has 0 aromatic carbocycles. The normalized spacial score (nSPS) is 21.4. The third kappa shape index (κ3) is 3.48. The lowest BCUT2D eigenvalue weighted by Gasteiger charge is -2.23. The first-order chi connectivity index (χ1) is 8.08. The SMILES string of the molecule is O=S(=O)(NC1CCCNC1)c1cncc(Br)c1. The molecule has 2 rings (SSSR count). The Morgan fingerprint density at radius 3 is 2.94 bits per heavy atom. The van der Waals surface area contributed by atoms with Crippen LogP contribution in [-0.2, 0) is 10.0 Å². The predicted octanol–water partition coefficient (Wildman–Crippen LogP) is 0.874. The van der Waals surface area contributed by atoms with Gasteiger partial charge in [0.25, 0.3) is 0 Å². The molecule has 0 amide bonds. The molecule has 2 N–H and O–H groups in total. The van der Waals surface area contributed by atoms with Crippen molar-refractivity contribution in [3.63, 3.8) is 0 Å². The number of sulfonamides is 1. The Labute approximate surface area is 109 Å². The molecule has 1 fully saturated rings. The van der Waals surface area contributed by atoms with Crippen LogP contribution in [0.1, 0.15) is 12.8 Å². The molecule has 17 heavy (non-hydrogen) atoms. The van der Waals surface area contributed by atoms with E-state index >= 15 is 0 Å². The summed E-state index contributed by atoms with van der Waals surface area (Å²) in [5.74, 6) is 0. The highest BCUT2D eigenvalue weighted by Gasteiger charge is 2.21. The van der Waals surface area contributed by atoms with Gasteiger partial charge in [-0.05, 0) is 41.4 Å². The van der Waals surface area contributed by atoms with Crippen LogP contribution in [0.3, 0.4) is 0 Å². The zero-order valence-corrected chi connectivity index (χ0v) is 11.6. The summed E-state index contributed by atoms with van der Waals surface area (Å²) >= 11 is 3.21. The maximum Gasteiger partial charge on any atom is 0.242 e. The van der Waals surface area contributed by atoms with Crippen molar-refractivity contribution in [1.29, 1.82) is 0 Å². The number of hydrogen-bond donors (Lipinski definition) is 2. The molecular formula is C10H14BrN3O2S. The second kappa shape index (κ2) is 5.43. The van der Waals surface area contributed by atoms with Gasteiger partial charge in [-0.2, -0.15) is 0 Å². The molecule has 7 heteroatoms. The fraction of sp³-hybridized carbons (Fsp3) is 0.500. The lowest BCUT2D eigenvalue weighted by molar-refractivity contribution is 0.428. The van der Waals surface area contributed by atoms with Gasteiger partial charge in [-0.15, -0.1) is 0 Å². The molecule has 1 aromatic rings. The number of piperidine rings is 1. The summed E-state index contributed by atoms with van der Waals surface area (Å²) in [5.41, 5.74) is 0. The maximum absolute atomic E-state index is 12.1. The van der Waals surface area contributed by atoms with Gasteiger partial charge >= 0.3 is 0 Å². The fourth-order valence-corrected chi connectivity index (χ4v) is 3.55. The van der Waals surface area contributed by atoms with E-state index < -0.39 is 10.0 Å². The van der Waals surface area contributed by atoms with Crippen LogP contribution in [0.25, 0.3) is 0 Å². The second-order valence-corrected chi connectivity index (χ2v) is 6.63. The summed E-state index contributed by atoms with van der Waals surface area (Å²) < 4.78 is 27.4. The fourth-order valence-electron chi connectivity index (χ4n) is 1.78. The minimum atomic E-state index is -3.46. The molecule has 0 saturated carbocycles. The lowest BCUT2D eigenvalue weighted by Crippen LogP contribution is -2.45. The zero-order chi connectivity index (χ0) is 12.3. The molecule has 0 bridgehead atoms. The van der Waals surface area contributed by atoms with Crippen molar-refractivity contribution >= 4 is 26.0 Å². The van der Waals surface area contributed by atoms with Gasteiger partial charge in [0, 0.05) is 29.5 Å². The van der Waals surface area contributed by atoms with Crippen LogP contribution in [0.4, 0.5) is 0 Å². The van der Waals surface area contributed by atoms with Crippen LogP contribution in [0.15, 0.2) is 27.8 Å². The Morgan fingerprint density at radius 1 is 1.47 bits per heavy atom. The van der Waals surface area contributed by atoms with Crippen molar-refractivity contribution in [1.82, 2.24) is 15.0 Å². The van der Waals surface area contributed by atoms with Gasteiger partial charge < -0.3 is 5.32 Å². The molecule has 1 atom stereocenters. The topological polar surface area (TPSA) is 71.1 Å². The van der Waals surface area contributed by atoms with E-state index in [4.69, 9.17) is 0 Å². The molecular weight excluding hydrogens is 306 g/mol.